The third-order valence-corrected chi connectivity index (χ3v) is 4.36. The highest BCUT2D eigenvalue weighted by Crippen LogP contribution is 2.27. The highest BCUT2D eigenvalue weighted by atomic mass is 16.1. The van der Waals surface area contributed by atoms with Crippen molar-refractivity contribution in [1.82, 2.24) is 5.32 Å². The van der Waals surface area contributed by atoms with E-state index >= 15 is 0 Å². The molecule has 0 radical (unpaired) electrons. The Morgan fingerprint density at radius 3 is 2.67 bits per heavy atom. The van der Waals surface area contributed by atoms with Crippen molar-refractivity contribution in [2.45, 2.75) is 58.4 Å². The summed E-state index contributed by atoms with van der Waals surface area (Å²) in [5.41, 5.74) is 2.14. The minimum absolute atomic E-state index is 0.199. The smallest absolute Gasteiger partial charge is 0.227 e. The lowest BCUT2D eigenvalue weighted by Gasteiger charge is -2.23. The molecule has 1 fully saturated rings. The van der Waals surface area contributed by atoms with Gasteiger partial charge < -0.3 is 10.6 Å². The minimum Gasteiger partial charge on any atom is -0.326 e. The molecule has 1 unspecified atom stereocenters. The van der Waals surface area contributed by atoms with Crippen LogP contribution in [-0.2, 0) is 4.79 Å². The summed E-state index contributed by atoms with van der Waals surface area (Å²) < 4.78 is 0. The molecule has 1 saturated carbocycles. The van der Waals surface area contributed by atoms with Gasteiger partial charge in [0.05, 0.1) is 0 Å². The zero-order chi connectivity index (χ0) is 15.1. The zero-order valence-corrected chi connectivity index (χ0v) is 13.3. The monoisotopic (exact) mass is 288 g/mol. The van der Waals surface area contributed by atoms with Crippen molar-refractivity contribution in [2.75, 3.05) is 11.9 Å². The van der Waals surface area contributed by atoms with Crippen LogP contribution in [-0.4, -0.2) is 12.5 Å². The molecule has 1 amide bonds. The standard InChI is InChI=1S/C18H28N2O/c1-3-13-19-14(2)16-11-7-8-12-17(16)20-18(21)15-9-5-4-6-10-15/h7-8,11-12,14-15,19H,3-6,9-10,13H2,1-2H3,(H,20,21). The van der Waals surface area contributed by atoms with Gasteiger partial charge in [-0.25, -0.2) is 0 Å². The highest BCUT2D eigenvalue weighted by Gasteiger charge is 2.22. The SMILES string of the molecule is CCCNC(C)c1ccccc1NC(=O)C1CCCCC1. The molecule has 0 bridgehead atoms. The average molecular weight is 288 g/mol. The summed E-state index contributed by atoms with van der Waals surface area (Å²) in [7, 11) is 0. The molecule has 0 aliphatic heterocycles. The van der Waals surface area contributed by atoms with Crippen LogP contribution in [0.4, 0.5) is 5.69 Å². The van der Waals surface area contributed by atoms with E-state index in [0.29, 0.717) is 0 Å². The van der Waals surface area contributed by atoms with Crippen LogP contribution >= 0.6 is 0 Å². The third kappa shape index (κ3) is 4.57. The zero-order valence-electron chi connectivity index (χ0n) is 13.3. The summed E-state index contributed by atoms with van der Waals surface area (Å²) in [4.78, 5) is 12.4. The van der Waals surface area contributed by atoms with Crippen LogP contribution in [0.2, 0.25) is 0 Å². The van der Waals surface area contributed by atoms with Gasteiger partial charge in [-0.05, 0) is 44.4 Å². The lowest BCUT2D eigenvalue weighted by molar-refractivity contribution is -0.120. The van der Waals surface area contributed by atoms with E-state index in [1.165, 1.54) is 24.8 Å². The second-order valence-corrected chi connectivity index (χ2v) is 6.09. The molecular formula is C18H28N2O. The van der Waals surface area contributed by atoms with Crippen LogP contribution in [0.1, 0.15) is 64.0 Å². The first kappa shape index (κ1) is 16.0. The van der Waals surface area contributed by atoms with Crippen molar-refractivity contribution in [3.8, 4) is 0 Å². The van der Waals surface area contributed by atoms with Crippen LogP contribution in [0.5, 0.6) is 0 Å². The number of carbonyl (C=O) groups excluding carboxylic acids is 1. The number of anilines is 1. The Labute approximate surface area is 128 Å². The minimum atomic E-state index is 0.199. The fraction of sp³-hybridized carbons (Fsp3) is 0.611. The Morgan fingerprint density at radius 1 is 1.24 bits per heavy atom. The molecule has 0 aromatic heterocycles. The molecule has 2 rings (SSSR count). The van der Waals surface area contributed by atoms with Crippen LogP contribution in [0, 0.1) is 5.92 Å². The van der Waals surface area contributed by atoms with Gasteiger partial charge in [-0.3, -0.25) is 4.79 Å². The Morgan fingerprint density at radius 2 is 1.95 bits per heavy atom. The van der Waals surface area contributed by atoms with Crippen LogP contribution in [0.15, 0.2) is 24.3 Å². The lowest BCUT2D eigenvalue weighted by atomic mass is 9.88. The summed E-state index contributed by atoms with van der Waals surface area (Å²) in [5.74, 6) is 0.399. The first-order valence-corrected chi connectivity index (χ1v) is 8.35. The van der Waals surface area contributed by atoms with E-state index in [4.69, 9.17) is 0 Å². The van der Waals surface area contributed by atoms with E-state index in [0.717, 1.165) is 31.5 Å². The van der Waals surface area contributed by atoms with Crippen molar-refractivity contribution in [3.05, 3.63) is 29.8 Å². The van der Waals surface area contributed by atoms with Crippen molar-refractivity contribution >= 4 is 11.6 Å². The number of para-hydroxylation sites is 1. The van der Waals surface area contributed by atoms with Crippen LogP contribution < -0.4 is 10.6 Å². The maximum atomic E-state index is 12.4. The molecule has 1 atom stereocenters. The van der Waals surface area contributed by atoms with Crippen molar-refractivity contribution in [2.24, 2.45) is 5.92 Å². The van der Waals surface area contributed by atoms with Crippen molar-refractivity contribution in [1.29, 1.82) is 0 Å². The first-order chi connectivity index (χ1) is 10.2. The van der Waals surface area contributed by atoms with Gasteiger partial charge in [0.1, 0.15) is 0 Å². The van der Waals surface area contributed by atoms with E-state index in [1.807, 2.05) is 18.2 Å². The molecule has 0 saturated heterocycles. The number of hydrogen-bond acceptors (Lipinski definition) is 2. The fourth-order valence-electron chi connectivity index (χ4n) is 3.06. The number of rotatable bonds is 6. The molecule has 1 aliphatic rings. The summed E-state index contributed by atoms with van der Waals surface area (Å²) in [5, 5.41) is 6.65. The van der Waals surface area contributed by atoms with Crippen LogP contribution in [0.25, 0.3) is 0 Å². The summed E-state index contributed by atoms with van der Waals surface area (Å²) in [6.07, 6.45) is 6.84. The molecule has 21 heavy (non-hydrogen) atoms. The number of carbonyl (C=O) groups is 1. The second-order valence-electron chi connectivity index (χ2n) is 6.09. The fourth-order valence-corrected chi connectivity index (χ4v) is 3.06. The average Bonchev–Trinajstić information content (AvgIpc) is 2.54. The lowest BCUT2D eigenvalue weighted by Crippen LogP contribution is -2.26. The maximum absolute atomic E-state index is 12.4. The van der Waals surface area contributed by atoms with Gasteiger partial charge >= 0.3 is 0 Å². The van der Waals surface area contributed by atoms with Gasteiger partial charge in [0.2, 0.25) is 5.91 Å². The molecule has 0 heterocycles. The normalized spacial score (nSPS) is 17.4. The molecule has 0 spiro atoms. The van der Waals surface area contributed by atoms with E-state index in [2.05, 4.69) is 30.5 Å². The quantitative estimate of drug-likeness (QED) is 0.821. The molecule has 2 N–H and O–H groups in total. The molecule has 3 heteroatoms. The van der Waals surface area contributed by atoms with Gasteiger partial charge in [0, 0.05) is 17.6 Å². The van der Waals surface area contributed by atoms with Gasteiger partial charge in [0.25, 0.3) is 0 Å². The van der Waals surface area contributed by atoms with E-state index < -0.39 is 0 Å². The Bertz CT molecular complexity index is 452. The number of amides is 1. The summed E-state index contributed by atoms with van der Waals surface area (Å²) in [6, 6.07) is 8.40. The largest absolute Gasteiger partial charge is 0.326 e. The molecule has 3 nitrogen and oxygen atoms in total. The predicted octanol–water partition coefficient (Wildman–Crippen LogP) is 4.27. The Hall–Kier alpha value is -1.35. The first-order valence-electron chi connectivity index (χ1n) is 8.35. The Kier molecular flexibility index (Phi) is 6.24. The third-order valence-electron chi connectivity index (χ3n) is 4.36. The molecule has 1 aromatic carbocycles. The van der Waals surface area contributed by atoms with Gasteiger partial charge in [0.15, 0.2) is 0 Å². The number of nitrogens with one attached hydrogen (secondary N) is 2. The van der Waals surface area contributed by atoms with Gasteiger partial charge in [-0.15, -0.1) is 0 Å². The van der Waals surface area contributed by atoms with Gasteiger partial charge in [-0.2, -0.15) is 0 Å². The Balaban J connectivity index is 2.03. The highest BCUT2D eigenvalue weighted by molar-refractivity contribution is 5.93. The molecular weight excluding hydrogens is 260 g/mol. The van der Waals surface area contributed by atoms with Gasteiger partial charge in [-0.1, -0.05) is 44.4 Å². The summed E-state index contributed by atoms with van der Waals surface area (Å²) in [6.45, 7) is 5.31. The summed E-state index contributed by atoms with van der Waals surface area (Å²) >= 11 is 0. The van der Waals surface area contributed by atoms with E-state index in [9.17, 15) is 4.79 Å². The van der Waals surface area contributed by atoms with E-state index in [1.54, 1.807) is 0 Å². The topological polar surface area (TPSA) is 41.1 Å². The van der Waals surface area contributed by atoms with Crippen LogP contribution in [0.3, 0.4) is 0 Å². The second kappa shape index (κ2) is 8.18. The molecule has 1 aliphatic carbocycles. The molecule has 116 valence electrons. The molecule has 1 aromatic rings. The number of benzene rings is 1. The van der Waals surface area contributed by atoms with Crippen molar-refractivity contribution < 1.29 is 4.79 Å². The number of hydrogen-bond donors (Lipinski definition) is 2. The predicted molar refractivity (Wildman–Crippen MR) is 88.4 cm³/mol. The maximum Gasteiger partial charge on any atom is 0.227 e. The van der Waals surface area contributed by atoms with Crippen molar-refractivity contribution in [3.63, 3.8) is 0 Å². The van der Waals surface area contributed by atoms with E-state index in [-0.39, 0.29) is 17.9 Å².